The van der Waals surface area contributed by atoms with Crippen molar-refractivity contribution in [2.75, 3.05) is 6.61 Å². The summed E-state index contributed by atoms with van der Waals surface area (Å²) in [6.45, 7) is 3.57. The van der Waals surface area contributed by atoms with Crippen molar-refractivity contribution in [1.82, 2.24) is 0 Å². The van der Waals surface area contributed by atoms with Crippen molar-refractivity contribution in [2.45, 2.75) is 13.8 Å². The molecule has 0 aliphatic carbocycles. The predicted octanol–water partition coefficient (Wildman–Crippen LogP) is 2.96. The first kappa shape index (κ1) is 11.0. The topological polar surface area (TPSA) is 26.3 Å². The Kier molecular flexibility index (Phi) is 3.47. The largest absolute Gasteiger partial charge is 0.462 e. The number of hydrogen-bond donors (Lipinski definition) is 0. The Morgan fingerprint density at radius 3 is 2.79 bits per heavy atom. The van der Waals surface area contributed by atoms with Gasteiger partial charge in [-0.1, -0.05) is 11.6 Å². The molecule has 0 unspecified atom stereocenters. The van der Waals surface area contributed by atoms with Gasteiger partial charge in [0, 0.05) is 0 Å². The van der Waals surface area contributed by atoms with Crippen LogP contribution in [0.25, 0.3) is 0 Å². The molecule has 0 atom stereocenters. The first-order valence-corrected chi connectivity index (χ1v) is 4.57. The molecular formula is C10H10ClFO2. The smallest absolute Gasteiger partial charge is 0.338 e. The number of esters is 1. The van der Waals surface area contributed by atoms with E-state index < -0.39 is 11.8 Å². The van der Waals surface area contributed by atoms with Crippen LogP contribution in [0, 0.1) is 12.7 Å². The van der Waals surface area contributed by atoms with Crippen LogP contribution in [0.2, 0.25) is 5.02 Å². The molecule has 1 aromatic rings. The van der Waals surface area contributed by atoms with Crippen molar-refractivity contribution < 1.29 is 13.9 Å². The molecule has 4 heteroatoms. The van der Waals surface area contributed by atoms with Crippen LogP contribution in [0.5, 0.6) is 0 Å². The monoisotopic (exact) mass is 216 g/mol. The van der Waals surface area contributed by atoms with Gasteiger partial charge in [-0.2, -0.15) is 0 Å². The van der Waals surface area contributed by atoms with Gasteiger partial charge in [-0.3, -0.25) is 0 Å². The highest BCUT2D eigenvalue weighted by Gasteiger charge is 2.14. The lowest BCUT2D eigenvalue weighted by molar-refractivity contribution is 0.0525. The molecule has 0 saturated carbocycles. The summed E-state index contributed by atoms with van der Waals surface area (Å²) in [5.74, 6) is -1.01. The fourth-order valence-corrected chi connectivity index (χ4v) is 1.25. The molecule has 0 bridgehead atoms. The van der Waals surface area contributed by atoms with E-state index in [1.165, 1.54) is 6.07 Å². The molecule has 0 amide bonds. The van der Waals surface area contributed by atoms with Crippen LogP contribution in [0.3, 0.4) is 0 Å². The van der Waals surface area contributed by atoms with E-state index in [9.17, 15) is 9.18 Å². The molecule has 1 aromatic carbocycles. The Labute approximate surface area is 86.6 Å². The second kappa shape index (κ2) is 4.42. The van der Waals surface area contributed by atoms with E-state index in [-0.39, 0.29) is 11.6 Å². The normalized spacial score (nSPS) is 10.0. The fourth-order valence-electron chi connectivity index (χ4n) is 1.08. The molecule has 0 heterocycles. The predicted molar refractivity (Wildman–Crippen MR) is 52.1 cm³/mol. The van der Waals surface area contributed by atoms with Gasteiger partial charge in [0.2, 0.25) is 0 Å². The molecule has 76 valence electrons. The molecule has 0 N–H and O–H groups in total. The second-order valence-corrected chi connectivity index (χ2v) is 3.13. The zero-order chi connectivity index (χ0) is 10.7. The molecule has 1 rings (SSSR count). The fraction of sp³-hybridized carbons (Fsp3) is 0.300. The summed E-state index contributed by atoms with van der Waals surface area (Å²) in [5, 5.41) is -0.0319. The minimum Gasteiger partial charge on any atom is -0.462 e. The van der Waals surface area contributed by atoms with E-state index in [1.54, 1.807) is 13.8 Å². The summed E-state index contributed by atoms with van der Waals surface area (Å²) >= 11 is 5.64. The highest BCUT2D eigenvalue weighted by atomic mass is 35.5. The highest BCUT2D eigenvalue weighted by Crippen LogP contribution is 2.23. The minimum atomic E-state index is -0.530. The van der Waals surface area contributed by atoms with E-state index in [4.69, 9.17) is 16.3 Å². The number of ether oxygens (including phenoxy) is 1. The van der Waals surface area contributed by atoms with Gasteiger partial charge < -0.3 is 4.74 Å². The molecule has 0 aliphatic heterocycles. The Hall–Kier alpha value is -1.09. The quantitative estimate of drug-likeness (QED) is 0.711. The maximum absolute atomic E-state index is 12.9. The Balaban J connectivity index is 3.11. The van der Waals surface area contributed by atoms with Crippen LogP contribution in [0.15, 0.2) is 12.1 Å². The number of benzene rings is 1. The zero-order valence-corrected chi connectivity index (χ0v) is 8.69. The number of rotatable bonds is 2. The van der Waals surface area contributed by atoms with Crippen molar-refractivity contribution in [3.63, 3.8) is 0 Å². The molecule has 0 radical (unpaired) electrons. The molecule has 0 aromatic heterocycles. The molecule has 14 heavy (non-hydrogen) atoms. The van der Waals surface area contributed by atoms with Crippen LogP contribution in [-0.2, 0) is 4.74 Å². The standard InChI is InChI=1S/C10H10ClFO2/c1-3-14-10(13)7-4-5-8(12)9(11)6(7)2/h4-5H,3H2,1-2H3. The SMILES string of the molecule is CCOC(=O)c1ccc(F)c(Cl)c1C. The number of carbonyl (C=O) groups is 1. The van der Waals surface area contributed by atoms with Crippen molar-refractivity contribution >= 4 is 17.6 Å². The Morgan fingerprint density at radius 1 is 1.57 bits per heavy atom. The number of carbonyl (C=O) groups excluding carboxylic acids is 1. The van der Waals surface area contributed by atoms with Gasteiger partial charge in [0.1, 0.15) is 5.82 Å². The summed E-state index contributed by atoms with van der Waals surface area (Å²) in [6, 6.07) is 2.52. The minimum absolute atomic E-state index is 0.0319. The molecule has 0 spiro atoms. The summed E-state index contributed by atoms with van der Waals surface area (Å²) in [5.41, 5.74) is 0.711. The third kappa shape index (κ3) is 2.04. The van der Waals surface area contributed by atoms with Crippen LogP contribution in [0.4, 0.5) is 4.39 Å². The average Bonchev–Trinajstić information content (AvgIpc) is 2.15. The number of halogens is 2. The first-order valence-electron chi connectivity index (χ1n) is 4.19. The lowest BCUT2D eigenvalue weighted by Gasteiger charge is -2.06. The Morgan fingerprint density at radius 2 is 2.21 bits per heavy atom. The summed E-state index contributed by atoms with van der Waals surface area (Å²) in [4.78, 5) is 11.3. The van der Waals surface area contributed by atoms with Gasteiger partial charge in [0.15, 0.2) is 0 Å². The van der Waals surface area contributed by atoms with Gasteiger partial charge >= 0.3 is 5.97 Å². The third-order valence-electron chi connectivity index (χ3n) is 1.83. The number of hydrogen-bond acceptors (Lipinski definition) is 2. The average molecular weight is 217 g/mol. The van der Waals surface area contributed by atoms with Crippen LogP contribution < -0.4 is 0 Å². The van der Waals surface area contributed by atoms with Crippen LogP contribution in [-0.4, -0.2) is 12.6 Å². The summed E-state index contributed by atoms with van der Waals surface area (Å²) in [6.07, 6.45) is 0. The molecule has 0 saturated heterocycles. The van der Waals surface area contributed by atoms with Crippen molar-refractivity contribution in [1.29, 1.82) is 0 Å². The van der Waals surface area contributed by atoms with Gasteiger partial charge in [-0.15, -0.1) is 0 Å². The lowest BCUT2D eigenvalue weighted by atomic mass is 10.1. The maximum atomic E-state index is 12.9. The van der Waals surface area contributed by atoms with Crippen molar-refractivity contribution in [2.24, 2.45) is 0 Å². The van der Waals surface area contributed by atoms with E-state index in [0.717, 1.165) is 6.07 Å². The van der Waals surface area contributed by atoms with Gasteiger partial charge in [0.25, 0.3) is 0 Å². The zero-order valence-electron chi connectivity index (χ0n) is 7.93. The summed E-state index contributed by atoms with van der Waals surface area (Å²) < 4.78 is 17.7. The van der Waals surface area contributed by atoms with Gasteiger partial charge in [0.05, 0.1) is 17.2 Å². The third-order valence-corrected chi connectivity index (χ3v) is 2.30. The molecular weight excluding hydrogens is 207 g/mol. The van der Waals surface area contributed by atoms with E-state index in [2.05, 4.69) is 0 Å². The first-order chi connectivity index (χ1) is 6.57. The van der Waals surface area contributed by atoms with Crippen LogP contribution in [0.1, 0.15) is 22.8 Å². The molecule has 0 fully saturated rings. The maximum Gasteiger partial charge on any atom is 0.338 e. The lowest BCUT2D eigenvalue weighted by Crippen LogP contribution is -2.07. The second-order valence-electron chi connectivity index (χ2n) is 2.75. The Bertz CT molecular complexity index is 363. The van der Waals surface area contributed by atoms with E-state index in [0.29, 0.717) is 11.1 Å². The van der Waals surface area contributed by atoms with Crippen molar-refractivity contribution in [3.8, 4) is 0 Å². The highest BCUT2D eigenvalue weighted by molar-refractivity contribution is 6.32. The summed E-state index contributed by atoms with van der Waals surface area (Å²) in [7, 11) is 0. The van der Waals surface area contributed by atoms with Crippen LogP contribution >= 0.6 is 11.6 Å². The molecule has 0 aliphatic rings. The van der Waals surface area contributed by atoms with E-state index in [1.807, 2.05) is 0 Å². The molecule has 2 nitrogen and oxygen atoms in total. The van der Waals surface area contributed by atoms with Gasteiger partial charge in [-0.05, 0) is 31.5 Å². The van der Waals surface area contributed by atoms with Gasteiger partial charge in [-0.25, -0.2) is 9.18 Å². The van der Waals surface area contributed by atoms with Crippen molar-refractivity contribution in [3.05, 3.63) is 34.1 Å². The van der Waals surface area contributed by atoms with E-state index >= 15 is 0 Å².